The summed E-state index contributed by atoms with van der Waals surface area (Å²) in [5.41, 5.74) is 10.9. The Morgan fingerprint density at radius 2 is 1.79 bits per heavy atom. The molecule has 0 spiro atoms. The molecule has 3 aromatic rings. The van der Waals surface area contributed by atoms with Gasteiger partial charge in [-0.2, -0.15) is 0 Å². The summed E-state index contributed by atoms with van der Waals surface area (Å²) in [5, 5.41) is 15.1. The van der Waals surface area contributed by atoms with E-state index in [4.69, 9.17) is 18.9 Å². The number of hydrogen-bond acceptors (Lipinski definition) is 8. The maximum absolute atomic E-state index is 12.9. The summed E-state index contributed by atoms with van der Waals surface area (Å²) < 4.78 is 23.0. The molecule has 0 aromatic heterocycles. The normalized spacial score (nSPS) is 22.8. The number of methoxy groups -OCH3 is 1. The van der Waals surface area contributed by atoms with Crippen LogP contribution in [0, 0.1) is 6.92 Å². The van der Waals surface area contributed by atoms with Gasteiger partial charge in [0.15, 0.2) is 0 Å². The molecular weight excluding hydrogens is 506 g/mol. The maximum atomic E-state index is 12.9. The van der Waals surface area contributed by atoms with Crippen LogP contribution < -0.4 is 4.74 Å². The summed E-state index contributed by atoms with van der Waals surface area (Å²) >= 11 is 1.33. The van der Waals surface area contributed by atoms with E-state index in [-0.39, 0.29) is 13.2 Å². The molecule has 0 aliphatic carbocycles. The number of carbonyl (C=O) groups is 1. The van der Waals surface area contributed by atoms with Gasteiger partial charge in [0.05, 0.1) is 25.9 Å². The van der Waals surface area contributed by atoms with Crippen LogP contribution in [0.3, 0.4) is 0 Å². The minimum Gasteiger partial charge on any atom is -0.497 e. The Labute approximate surface area is 225 Å². The molecule has 4 rings (SSSR count). The largest absolute Gasteiger partial charge is 0.497 e. The van der Waals surface area contributed by atoms with Crippen LogP contribution >= 0.6 is 11.8 Å². The smallest absolute Gasteiger partial charge is 0.338 e. The van der Waals surface area contributed by atoms with Crippen LogP contribution in [0.1, 0.15) is 21.5 Å². The summed E-state index contributed by atoms with van der Waals surface area (Å²) in [4.78, 5) is 16.7. The molecule has 5 atom stereocenters. The summed E-state index contributed by atoms with van der Waals surface area (Å²) in [5.74, 6) is 0.106. The second-order valence-electron chi connectivity index (χ2n) is 8.76. The number of benzene rings is 3. The lowest BCUT2D eigenvalue weighted by atomic mass is 9.98. The van der Waals surface area contributed by atoms with Crippen molar-refractivity contribution >= 4 is 17.7 Å². The van der Waals surface area contributed by atoms with Crippen LogP contribution in [0.4, 0.5) is 0 Å². The van der Waals surface area contributed by atoms with Gasteiger partial charge in [-0.25, -0.2) is 4.79 Å². The van der Waals surface area contributed by atoms with Crippen molar-refractivity contribution in [1.82, 2.24) is 0 Å². The molecule has 1 N–H and O–H groups in total. The highest BCUT2D eigenvalue weighted by Gasteiger charge is 2.47. The third kappa shape index (κ3) is 7.06. The molecule has 0 amide bonds. The van der Waals surface area contributed by atoms with Crippen LogP contribution in [-0.4, -0.2) is 54.6 Å². The number of azide groups is 1. The summed E-state index contributed by atoms with van der Waals surface area (Å²) in [7, 11) is 1.60. The average Bonchev–Trinajstić information content (AvgIpc) is 2.94. The molecule has 0 bridgehead atoms. The maximum Gasteiger partial charge on any atom is 0.338 e. The third-order valence-corrected chi connectivity index (χ3v) is 7.23. The Balaban J connectivity index is 1.54. The molecule has 1 aliphatic rings. The van der Waals surface area contributed by atoms with Gasteiger partial charge in [0.25, 0.3) is 0 Å². The summed E-state index contributed by atoms with van der Waals surface area (Å²) in [6.07, 6.45) is -3.27. The molecule has 1 heterocycles. The number of aryl methyl sites for hydroxylation is 1. The van der Waals surface area contributed by atoms with E-state index in [1.165, 1.54) is 11.8 Å². The van der Waals surface area contributed by atoms with Crippen molar-refractivity contribution in [3.05, 3.63) is 106 Å². The molecule has 0 radical (unpaired) electrons. The van der Waals surface area contributed by atoms with E-state index in [1.54, 1.807) is 37.4 Å². The van der Waals surface area contributed by atoms with Gasteiger partial charge < -0.3 is 24.1 Å². The van der Waals surface area contributed by atoms with E-state index in [0.717, 1.165) is 21.8 Å². The van der Waals surface area contributed by atoms with Gasteiger partial charge in [-0.3, -0.25) is 0 Å². The number of aliphatic hydroxyl groups excluding tert-OH is 1. The monoisotopic (exact) mass is 535 g/mol. The number of thioether (sulfide) groups is 1. The number of hydrogen-bond donors (Lipinski definition) is 1. The van der Waals surface area contributed by atoms with Crippen LogP contribution in [0.15, 0.2) is 88.9 Å². The molecule has 5 unspecified atom stereocenters. The Morgan fingerprint density at radius 1 is 1.08 bits per heavy atom. The van der Waals surface area contributed by atoms with Crippen LogP contribution in [0.25, 0.3) is 10.4 Å². The Kier molecular flexibility index (Phi) is 9.64. The number of ether oxygens (including phenoxy) is 4. The van der Waals surface area contributed by atoms with E-state index >= 15 is 0 Å². The first-order valence-corrected chi connectivity index (χ1v) is 12.9. The Hall–Kier alpha value is -3.53. The fourth-order valence-corrected chi connectivity index (χ4v) is 5.10. The molecule has 0 saturated carbocycles. The number of nitrogens with zero attached hydrogens (tertiary/aromatic N) is 3. The quantitative estimate of drug-likeness (QED) is 0.162. The second-order valence-corrected chi connectivity index (χ2v) is 9.93. The zero-order valence-corrected chi connectivity index (χ0v) is 21.9. The lowest BCUT2D eigenvalue weighted by Gasteiger charge is -2.42. The fourth-order valence-electron chi connectivity index (χ4n) is 3.99. The van der Waals surface area contributed by atoms with E-state index in [1.807, 2.05) is 55.5 Å². The highest BCUT2D eigenvalue weighted by atomic mass is 32.2. The molecule has 1 fully saturated rings. The Morgan fingerprint density at radius 3 is 2.45 bits per heavy atom. The molecule has 9 nitrogen and oxygen atoms in total. The third-order valence-electron chi connectivity index (χ3n) is 6.06. The highest BCUT2D eigenvalue weighted by molar-refractivity contribution is 7.99. The van der Waals surface area contributed by atoms with Crippen molar-refractivity contribution in [2.45, 2.75) is 48.2 Å². The predicted molar refractivity (Wildman–Crippen MR) is 143 cm³/mol. The van der Waals surface area contributed by atoms with Crippen molar-refractivity contribution in [1.29, 1.82) is 0 Å². The van der Waals surface area contributed by atoms with Crippen molar-refractivity contribution in [3.8, 4) is 5.75 Å². The van der Waals surface area contributed by atoms with Gasteiger partial charge in [0.2, 0.25) is 0 Å². The van der Waals surface area contributed by atoms with Gasteiger partial charge in [0.1, 0.15) is 35.5 Å². The highest BCUT2D eigenvalue weighted by Crippen LogP contribution is 2.37. The number of rotatable bonds is 10. The lowest BCUT2D eigenvalue weighted by molar-refractivity contribution is -0.174. The van der Waals surface area contributed by atoms with Crippen LogP contribution in [0.5, 0.6) is 5.75 Å². The fraction of sp³-hybridized carbons (Fsp3) is 0.321. The molecule has 10 heteroatoms. The first kappa shape index (κ1) is 27.5. The molecule has 1 aliphatic heterocycles. The van der Waals surface area contributed by atoms with E-state index in [2.05, 4.69) is 10.0 Å². The van der Waals surface area contributed by atoms with Gasteiger partial charge >= 0.3 is 5.97 Å². The van der Waals surface area contributed by atoms with Gasteiger partial charge in [-0.05, 0) is 54.4 Å². The number of aliphatic hydroxyl groups is 1. The number of carbonyl (C=O) groups excluding carboxylic acids is 1. The van der Waals surface area contributed by atoms with Crippen molar-refractivity contribution in [3.63, 3.8) is 0 Å². The number of esters is 1. The second kappa shape index (κ2) is 13.3. The standard InChI is InChI=1S/C28H29N3O6S/c1-18-8-14-22(15-9-18)38-28-24(30-31-29)26(37-27(33)20-6-4-3-5-7-20)25(32)23(36-28)17-35-16-19-10-12-21(34-2)13-11-19/h3-15,23-26,28,32H,16-17H2,1-2H3. The molecule has 1 saturated heterocycles. The van der Waals surface area contributed by atoms with Gasteiger partial charge in [-0.1, -0.05) is 64.9 Å². The van der Waals surface area contributed by atoms with Gasteiger partial charge in [-0.15, -0.1) is 0 Å². The zero-order chi connectivity index (χ0) is 26.9. The minimum absolute atomic E-state index is 0.0283. The van der Waals surface area contributed by atoms with Crippen molar-refractivity contribution in [2.75, 3.05) is 13.7 Å². The average molecular weight is 536 g/mol. The summed E-state index contributed by atoms with van der Waals surface area (Å²) in [6, 6.07) is 22.7. The van der Waals surface area contributed by atoms with Crippen molar-refractivity contribution in [2.24, 2.45) is 5.11 Å². The van der Waals surface area contributed by atoms with Crippen molar-refractivity contribution < 1.29 is 28.8 Å². The molecule has 3 aromatic carbocycles. The Bertz CT molecular complexity index is 1240. The van der Waals surface area contributed by atoms with Crippen LogP contribution in [0.2, 0.25) is 0 Å². The van der Waals surface area contributed by atoms with E-state index in [0.29, 0.717) is 5.56 Å². The SMILES string of the molecule is COc1ccc(COCC2OC(Sc3ccc(C)cc3)C(N=[N+]=[N-])C(OC(=O)c3ccccc3)C2O)cc1. The molecular formula is C28H29N3O6S. The first-order valence-electron chi connectivity index (χ1n) is 12.1. The van der Waals surface area contributed by atoms with E-state index < -0.39 is 35.8 Å². The van der Waals surface area contributed by atoms with Crippen LogP contribution in [-0.2, 0) is 20.8 Å². The lowest BCUT2D eigenvalue weighted by Crippen LogP contribution is -2.58. The van der Waals surface area contributed by atoms with Gasteiger partial charge in [0, 0.05) is 9.81 Å². The topological polar surface area (TPSA) is 123 Å². The minimum atomic E-state index is -1.29. The zero-order valence-electron chi connectivity index (χ0n) is 21.0. The molecule has 38 heavy (non-hydrogen) atoms. The predicted octanol–water partition coefficient (Wildman–Crippen LogP) is 5.30. The summed E-state index contributed by atoms with van der Waals surface area (Å²) in [6.45, 7) is 2.29. The first-order chi connectivity index (χ1) is 18.5. The molecule has 198 valence electrons. The van der Waals surface area contributed by atoms with E-state index in [9.17, 15) is 15.4 Å².